The molecule has 3 aliphatic rings. The van der Waals surface area contributed by atoms with Gasteiger partial charge < -0.3 is 29.6 Å². The van der Waals surface area contributed by atoms with Gasteiger partial charge in [-0.05, 0) is 130 Å². The Hall–Kier alpha value is -4.83. The largest absolute Gasteiger partial charge is 0.455 e. The van der Waals surface area contributed by atoms with Crippen LogP contribution in [0.3, 0.4) is 0 Å². The van der Waals surface area contributed by atoms with Crippen LogP contribution < -0.4 is 19.7 Å². The van der Waals surface area contributed by atoms with Crippen LogP contribution in [0.4, 0.5) is 17.1 Å². The van der Waals surface area contributed by atoms with Crippen LogP contribution in [0, 0.1) is 21.4 Å². The number of halogens is 1. The lowest BCUT2D eigenvalue weighted by atomic mass is 9.24. The van der Waals surface area contributed by atoms with Crippen molar-refractivity contribution in [3.05, 3.63) is 117 Å². The zero-order valence-corrected chi connectivity index (χ0v) is 44.8. The topological polar surface area (TPSA) is 172 Å². The summed E-state index contributed by atoms with van der Waals surface area (Å²) in [6.07, 6.45) is 7.89. The average molecular weight is 987 g/mol. The normalized spacial score (nSPS) is 20.0. The Kier molecular flexibility index (Phi) is 14.0. The van der Waals surface area contributed by atoms with Crippen molar-refractivity contribution in [1.82, 2.24) is 19.6 Å². The number of allylic oxidation sites excluding steroid dienone is 1. The molecule has 3 N–H and O–H groups in total. The maximum atomic E-state index is 14.4. The number of nitro benzene ring substituents is 1. The SMILES string of the molecule is BC(B)(C1=C(c2ccc(Cl)cc2)CC(C)(C)CC1)N1C(B)(B)C(B)(B)N(c2ccc(C(=O)NS(=O)(=O)c3ccc(NCC4CCOCC4)c([N+](=O)[O-])c3)c(Oc3cnc4[nH]ccc4c3)c2)C(B)(B)C1(B)B. The Morgan fingerprint density at radius 3 is 2.25 bits per heavy atom. The van der Waals surface area contributed by atoms with Gasteiger partial charge in [0, 0.05) is 54.2 Å². The van der Waals surface area contributed by atoms with E-state index < -0.39 is 58.1 Å². The number of carbonyl (C=O) groups excluding carboxylic acids is 1. The van der Waals surface area contributed by atoms with Gasteiger partial charge in [-0.3, -0.25) is 14.9 Å². The molecule has 0 saturated carbocycles. The molecule has 2 saturated heterocycles. The van der Waals surface area contributed by atoms with E-state index in [9.17, 15) is 23.3 Å². The third kappa shape index (κ3) is 9.77. The number of amides is 1. The number of ether oxygens (including phenoxy) is 2. The van der Waals surface area contributed by atoms with Crippen molar-refractivity contribution in [1.29, 1.82) is 0 Å². The van der Waals surface area contributed by atoms with Gasteiger partial charge in [-0.2, -0.15) is 0 Å². The van der Waals surface area contributed by atoms with Crippen molar-refractivity contribution in [3.63, 3.8) is 0 Å². The molecule has 360 valence electrons. The van der Waals surface area contributed by atoms with E-state index in [0.717, 1.165) is 49.2 Å². The summed E-state index contributed by atoms with van der Waals surface area (Å²) in [4.78, 5) is 38.4. The lowest BCUT2D eigenvalue weighted by Crippen LogP contribution is -2.95. The van der Waals surface area contributed by atoms with E-state index in [-0.39, 0.29) is 28.3 Å². The van der Waals surface area contributed by atoms with Gasteiger partial charge in [-0.25, -0.2) is 18.1 Å². The highest BCUT2D eigenvalue weighted by Crippen LogP contribution is 2.53. The van der Waals surface area contributed by atoms with Gasteiger partial charge in [0.1, 0.15) is 101 Å². The second-order valence-corrected chi connectivity index (χ2v) is 25.1. The number of nitrogens with zero attached hydrogens (tertiary/aromatic N) is 4. The number of H-pyrrole nitrogens is 1. The summed E-state index contributed by atoms with van der Waals surface area (Å²) in [5, 5.41) is 14.2. The minimum absolute atomic E-state index is 0.0634. The zero-order chi connectivity index (χ0) is 51.7. The highest BCUT2D eigenvalue weighted by atomic mass is 35.5. The standard InChI is InChI=1S/C45H60B10ClN7O7S/c1-40(2)15-11-34(33(22-40)26-3-5-28(56)6-4-26)41(46,47)63-44(52,53)42(48,49)61(43(50,51)45(63,54)55)29-7-9-32(37(20-29)70-30-19-27-12-16-57-38(27)59-24-30)39(64)60-71(67,68)31-8-10-35(36(21-31)62(65)66)58-23-25-13-17-69-18-14-25/h3-10,12,16,19-21,24-25,58H,11,13-15,17-18,22-23,46-55H2,1-2H3,(H,57,59)(H,60,64). The second kappa shape index (κ2) is 18.9. The molecule has 2 aliphatic heterocycles. The molecule has 8 rings (SSSR count). The highest BCUT2D eigenvalue weighted by molar-refractivity contribution is 7.90. The first-order valence-electron chi connectivity index (χ1n) is 24.6. The predicted octanol–water partition coefficient (Wildman–Crippen LogP) is -1.74. The fourth-order valence-electron chi connectivity index (χ4n) is 12.0. The van der Waals surface area contributed by atoms with Crippen LogP contribution >= 0.6 is 11.6 Å². The summed E-state index contributed by atoms with van der Waals surface area (Å²) in [5.41, 5.74) is 5.21. The molecule has 0 atom stereocenters. The molecule has 26 heteroatoms. The Morgan fingerprint density at radius 1 is 0.944 bits per heavy atom. The summed E-state index contributed by atoms with van der Waals surface area (Å²) >= 11 is 6.43. The first-order valence-corrected chi connectivity index (χ1v) is 26.5. The molecular formula is C45H60B10ClN7O7S. The Balaban J connectivity index is 1.17. The summed E-state index contributed by atoms with van der Waals surface area (Å²) < 4.78 is 42.3. The number of anilines is 2. The molecule has 2 aromatic heterocycles. The molecule has 1 amide bonds. The summed E-state index contributed by atoms with van der Waals surface area (Å²) in [6, 6.07) is 20.7. The molecule has 71 heavy (non-hydrogen) atoms. The number of nitro groups is 1. The molecule has 3 aromatic carbocycles. The molecule has 5 aromatic rings. The second-order valence-electron chi connectivity index (χ2n) is 22.9. The zero-order valence-electron chi connectivity index (χ0n) is 43.2. The van der Waals surface area contributed by atoms with Crippen molar-refractivity contribution in [2.45, 2.75) is 77.5 Å². The molecule has 0 bridgehead atoms. The van der Waals surface area contributed by atoms with Crippen molar-refractivity contribution in [3.8, 4) is 11.5 Å². The third-order valence-corrected chi connectivity index (χ3v) is 18.1. The van der Waals surface area contributed by atoms with Gasteiger partial charge in [0.25, 0.3) is 21.6 Å². The molecule has 1 aliphatic carbocycles. The average Bonchev–Trinajstić information content (AvgIpc) is 3.75. The molecule has 0 unspecified atom stereocenters. The highest BCUT2D eigenvalue weighted by Gasteiger charge is 2.64. The first kappa shape index (κ1) is 52.5. The molecule has 2 fully saturated rings. The van der Waals surface area contributed by atoms with Crippen LogP contribution in [0.15, 0.2) is 95.7 Å². The molecule has 0 spiro atoms. The number of sulfonamides is 1. The van der Waals surface area contributed by atoms with Gasteiger partial charge in [-0.1, -0.05) is 43.2 Å². The van der Waals surface area contributed by atoms with Crippen LogP contribution in [-0.4, -0.2) is 159 Å². The van der Waals surface area contributed by atoms with Crippen LogP contribution in [0.5, 0.6) is 11.5 Å². The Labute approximate surface area is 432 Å². The van der Waals surface area contributed by atoms with Crippen LogP contribution in [0.25, 0.3) is 16.6 Å². The van der Waals surface area contributed by atoms with Crippen LogP contribution in [-0.2, 0) is 14.8 Å². The number of carbonyl (C=O) groups is 1. The monoisotopic (exact) mass is 987 g/mol. The van der Waals surface area contributed by atoms with Crippen molar-refractivity contribution >= 4 is 140 Å². The fourth-order valence-corrected chi connectivity index (χ4v) is 13.1. The Morgan fingerprint density at radius 2 is 1.61 bits per heavy atom. The molecular weight excluding hydrogens is 926 g/mol. The van der Waals surface area contributed by atoms with E-state index in [1.807, 2.05) is 24.3 Å². The fraction of sp³-hybridized carbons (Fsp3) is 0.378. The van der Waals surface area contributed by atoms with E-state index in [2.05, 4.69) is 134 Å². The van der Waals surface area contributed by atoms with Gasteiger partial charge in [0.15, 0.2) is 0 Å². The van der Waals surface area contributed by atoms with E-state index in [1.54, 1.807) is 30.6 Å². The number of aromatic amines is 1. The van der Waals surface area contributed by atoms with Crippen LogP contribution in [0.1, 0.15) is 61.9 Å². The quantitative estimate of drug-likeness (QED) is 0.0696. The minimum atomic E-state index is -4.63. The number of fused-ring (bicyclic) bond motifs is 1. The summed E-state index contributed by atoms with van der Waals surface area (Å²) in [7, 11) is 18.4. The number of benzene rings is 3. The Bertz CT molecular complexity index is 3020. The molecule has 0 radical (unpaired) electrons. The smallest absolute Gasteiger partial charge is 0.293 e. The van der Waals surface area contributed by atoms with E-state index >= 15 is 0 Å². The van der Waals surface area contributed by atoms with Gasteiger partial charge in [-0.15, -0.1) is 0 Å². The van der Waals surface area contributed by atoms with E-state index in [4.69, 9.17) is 21.1 Å². The van der Waals surface area contributed by atoms with Gasteiger partial charge in [0.05, 0.1) is 21.6 Å². The van der Waals surface area contributed by atoms with E-state index in [1.165, 1.54) is 28.8 Å². The summed E-state index contributed by atoms with van der Waals surface area (Å²) in [6.45, 7) is 6.41. The lowest BCUT2D eigenvalue weighted by molar-refractivity contribution is -0.384. The van der Waals surface area contributed by atoms with Gasteiger partial charge in [0.2, 0.25) is 0 Å². The molecule has 4 heterocycles. The van der Waals surface area contributed by atoms with Crippen LogP contribution in [0.2, 0.25) is 5.02 Å². The minimum Gasteiger partial charge on any atom is -0.455 e. The number of pyridine rings is 1. The summed E-state index contributed by atoms with van der Waals surface area (Å²) in [5.74, 6) is -0.291. The number of nitrogens with one attached hydrogen (secondary N) is 3. The number of hydrogen-bond donors (Lipinski definition) is 3. The first-order chi connectivity index (χ1) is 33.1. The maximum absolute atomic E-state index is 14.4. The maximum Gasteiger partial charge on any atom is 0.293 e. The number of rotatable bonds is 13. The number of piperazine rings is 1. The number of hydrogen-bond acceptors (Lipinski definition) is 11. The van der Waals surface area contributed by atoms with E-state index in [0.29, 0.717) is 36.2 Å². The van der Waals surface area contributed by atoms with Crippen molar-refractivity contribution in [2.75, 3.05) is 30.0 Å². The lowest BCUT2D eigenvalue weighted by Gasteiger charge is -2.78. The number of aromatic nitrogens is 2. The predicted molar refractivity (Wildman–Crippen MR) is 312 cm³/mol. The van der Waals surface area contributed by atoms with Crippen molar-refractivity contribution < 1.29 is 27.6 Å². The van der Waals surface area contributed by atoms with Gasteiger partial charge >= 0.3 is 0 Å². The van der Waals surface area contributed by atoms with Crippen molar-refractivity contribution in [2.24, 2.45) is 11.3 Å². The third-order valence-electron chi connectivity index (χ3n) is 16.5. The molecule has 14 nitrogen and oxygen atoms in total.